The zero-order valence-electron chi connectivity index (χ0n) is 24.9. The molecule has 1 atom stereocenters. The van der Waals surface area contributed by atoms with E-state index in [0.717, 1.165) is 5.56 Å². The number of ether oxygens (including phenoxy) is 2. The highest BCUT2D eigenvalue weighted by atomic mass is 35.5. The SMILES string of the molecule is CC(C)(C)OC(=O)N(CCc1ccc(S(=O)(=O)c2ccc(Oc3ncccc3C(=O)O)cc2)cc1)C[C@@H](O)c1cccc(Cl)c1. The molecule has 0 bridgehead atoms. The van der Waals surface area contributed by atoms with Gasteiger partial charge in [0, 0.05) is 17.8 Å². The Kier molecular flexibility index (Phi) is 10.5. The average molecular weight is 653 g/mol. The second-order valence-electron chi connectivity index (χ2n) is 11.1. The Morgan fingerprint density at radius 2 is 1.60 bits per heavy atom. The van der Waals surface area contributed by atoms with Crippen LogP contribution in [0.25, 0.3) is 0 Å². The molecule has 4 rings (SSSR count). The van der Waals surface area contributed by atoms with Gasteiger partial charge in [0.05, 0.1) is 22.4 Å². The topological polar surface area (TPSA) is 143 Å². The minimum atomic E-state index is -3.88. The largest absolute Gasteiger partial charge is 0.477 e. The number of hydrogen-bond acceptors (Lipinski definition) is 8. The van der Waals surface area contributed by atoms with E-state index in [1.807, 2.05) is 0 Å². The summed E-state index contributed by atoms with van der Waals surface area (Å²) in [7, 11) is -3.88. The van der Waals surface area contributed by atoms with E-state index in [1.54, 1.807) is 57.2 Å². The molecule has 0 radical (unpaired) electrons. The molecular weight excluding hydrogens is 620 g/mol. The zero-order chi connectivity index (χ0) is 32.8. The van der Waals surface area contributed by atoms with Gasteiger partial charge in [0.15, 0.2) is 0 Å². The molecule has 0 saturated heterocycles. The van der Waals surface area contributed by atoms with Crippen LogP contribution in [0.3, 0.4) is 0 Å². The van der Waals surface area contributed by atoms with Crippen molar-refractivity contribution < 1.29 is 37.7 Å². The number of carboxylic acids is 1. The molecule has 2 N–H and O–H groups in total. The van der Waals surface area contributed by atoms with E-state index in [2.05, 4.69) is 4.98 Å². The highest BCUT2D eigenvalue weighted by Crippen LogP contribution is 2.27. The molecule has 12 heteroatoms. The molecule has 1 aromatic heterocycles. The monoisotopic (exact) mass is 652 g/mol. The van der Waals surface area contributed by atoms with Gasteiger partial charge >= 0.3 is 12.1 Å². The molecule has 0 aliphatic rings. The van der Waals surface area contributed by atoms with Crippen LogP contribution in [0.4, 0.5) is 4.79 Å². The number of rotatable bonds is 11. The van der Waals surface area contributed by atoms with E-state index in [1.165, 1.54) is 59.6 Å². The summed E-state index contributed by atoms with van der Waals surface area (Å²) >= 11 is 6.07. The Balaban J connectivity index is 1.44. The van der Waals surface area contributed by atoms with E-state index in [4.69, 9.17) is 21.1 Å². The Morgan fingerprint density at radius 1 is 0.956 bits per heavy atom. The summed E-state index contributed by atoms with van der Waals surface area (Å²) in [6.45, 7) is 5.45. The lowest BCUT2D eigenvalue weighted by Gasteiger charge is -2.29. The van der Waals surface area contributed by atoms with Crippen molar-refractivity contribution in [3.8, 4) is 11.6 Å². The molecule has 1 amide bonds. The van der Waals surface area contributed by atoms with Gasteiger partial charge in [0.2, 0.25) is 15.7 Å². The fraction of sp³-hybridized carbons (Fsp3) is 0.242. The van der Waals surface area contributed by atoms with Gasteiger partial charge in [0.25, 0.3) is 0 Å². The zero-order valence-corrected chi connectivity index (χ0v) is 26.5. The second kappa shape index (κ2) is 14.1. The van der Waals surface area contributed by atoms with Gasteiger partial charge in [-0.3, -0.25) is 0 Å². The van der Waals surface area contributed by atoms with Crippen molar-refractivity contribution >= 4 is 33.5 Å². The molecule has 45 heavy (non-hydrogen) atoms. The number of halogens is 1. The normalized spacial score (nSPS) is 12.3. The number of benzene rings is 3. The lowest BCUT2D eigenvalue weighted by atomic mass is 10.1. The Bertz CT molecular complexity index is 1750. The van der Waals surface area contributed by atoms with Crippen LogP contribution in [0.5, 0.6) is 11.6 Å². The lowest BCUT2D eigenvalue weighted by Crippen LogP contribution is -2.40. The first-order chi connectivity index (χ1) is 21.2. The summed E-state index contributed by atoms with van der Waals surface area (Å²) < 4.78 is 37.7. The van der Waals surface area contributed by atoms with Gasteiger partial charge in [0.1, 0.15) is 16.9 Å². The minimum absolute atomic E-state index is 0.0215. The maximum atomic E-state index is 13.3. The summed E-state index contributed by atoms with van der Waals surface area (Å²) in [5.74, 6) is -1.09. The number of aliphatic hydroxyl groups excluding tert-OH is 1. The van der Waals surface area contributed by atoms with Crippen LogP contribution in [0.2, 0.25) is 5.02 Å². The number of amides is 1. The number of hydrogen-bond donors (Lipinski definition) is 2. The first-order valence-corrected chi connectivity index (χ1v) is 15.8. The van der Waals surface area contributed by atoms with E-state index in [-0.39, 0.29) is 40.1 Å². The Hall–Kier alpha value is -4.45. The van der Waals surface area contributed by atoms with Gasteiger partial charge in [-0.2, -0.15) is 0 Å². The second-order valence-corrected chi connectivity index (χ2v) is 13.5. The number of aliphatic hydroxyl groups is 1. The molecule has 0 saturated carbocycles. The van der Waals surface area contributed by atoms with Crippen molar-refractivity contribution in [2.45, 2.75) is 48.7 Å². The van der Waals surface area contributed by atoms with E-state index >= 15 is 0 Å². The van der Waals surface area contributed by atoms with Crippen molar-refractivity contribution in [1.82, 2.24) is 9.88 Å². The molecule has 0 aliphatic carbocycles. The predicted octanol–water partition coefficient (Wildman–Crippen LogP) is 6.57. The standard InChI is InChI=1S/C33H33ClN2O8S/c1-33(2,3)44-32(40)36(21-29(37)23-6-4-7-24(34)20-23)19-17-22-9-13-26(14-10-22)45(41,42)27-15-11-25(12-16-27)43-30-28(31(38)39)8-5-18-35-30/h4-16,18,20,29,37H,17,19,21H2,1-3H3,(H,38,39)/t29-/m1/s1. The van der Waals surface area contributed by atoms with Gasteiger partial charge in [-0.1, -0.05) is 35.9 Å². The number of aromatic carboxylic acids is 1. The fourth-order valence-corrected chi connectivity index (χ4v) is 5.74. The minimum Gasteiger partial charge on any atom is -0.477 e. The third-order valence-electron chi connectivity index (χ3n) is 6.53. The van der Waals surface area contributed by atoms with Crippen LogP contribution in [-0.4, -0.2) is 59.3 Å². The van der Waals surface area contributed by atoms with Crippen molar-refractivity contribution in [2.75, 3.05) is 13.1 Å². The van der Waals surface area contributed by atoms with E-state index < -0.39 is 33.6 Å². The molecule has 236 valence electrons. The maximum Gasteiger partial charge on any atom is 0.410 e. The van der Waals surface area contributed by atoms with Crippen LogP contribution >= 0.6 is 11.6 Å². The number of carboxylic acid groups (broad SMARTS) is 1. The number of aromatic nitrogens is 1. The molecular formula is C33H33ClN2O8S. The first-order valence-electron chi connectivity index (χ1n) is 13.9. The van der Waals surface area contributed by atoms with E-state index in [0.29, 0.717) is 17.0 Å². The van der Waals surface area contributed by atoms with Crippen molar-refractivity contribution in [1.29, 1.82) is 0 Å². The number of carbonyl (C=O) groups excluding carboxylic acids is 1. The van der Waals surface area contributed by atoms with Gasteiger partial charge in [-0.15, -0.1) is 0 Å². The number of carbonyl (C=O) groups is 2. The van der Waals surface area contributed by atoms with Crippen LogP contribution in [0.15, 0.2) is 101 Å². The van der Waals surface area contributed by atoms with Crippen molar-refractivity contribution in [3.05, 3.63) is 113 Å². The van der Waals surface area contributed by atoms with Gasteiger partial charge < -0.3 is 24.6 Å². The van der Waals surface area contributed by atoms with Gasteiger partial charge in [-0.25, -0.2) is 23.0 Å². The Morgan fingerprint density at radius 3 is 2.20 bits per heavy atom. The first kappa shape index (κ1) is 33.4. The summed E-state index contributed by atoms with van der Waals surface area (Å²) in [5, 5.41) is 20.6. The third-order valence-corrected chi connectivity index (χ3v) is 8.55. The molecule has 10 nitrogen and oxygen atoms in total. The van der Waals surface area contributed by atoms with E-state index in [9.17, 15) is 28.2 Å². The van der Waals surface area contributed by atoms with Crippen LogP contribution in [0, 0.1) is 0 Å². The molecule has 4 aromatic rings. The molecule has 0 spiro atoms. The van der Waals surface area contributed by atoms with Crippen LogP contribution < -0.4 is 4.74 Å². The number of sulfone groups is 1. The molecule has 1 heterocycles. The predicted molar refractivity (Wildman–Crippen MR) is 168 cm³/mol. The highest BCUT2D eigenvalue weighted by molar-refractivity contribution is 7.91. The Labute approximate surface area is 266 Å². The third kappa shape index (κ3) is 9.04. The average Bonchev–Trinajstić information content (AvgIpc) is 2.99. The molecule has 0 fully saturated rings. The lowest BCUT2D eigenvalue weighted by molar-refractivity contribution is 0.0147. The van der Waals surface area contributed by atoms with Crippen molar-refractivity contribution in [3.63, 3.8) is 0 Å². The molecule has 0 unspecified atom stereocenters. The van der Waals surface area contributed by atoms with Crippen LogP contribution in [-0.2, 0) is 21.0 Å². The number of nitrogens with zero attached hydrogens (tertiary/aromatic N) is 2. The summed E-state index contributed by atoms with van der Waals surface area (Å²) in [6, 6.07) is 21.5. The van der Waals surface area contributed by atoms with Crippen LogP contribution in [0.1, 0.15) is 48.4 Å². The maximum absolute atomic E-state index is 13.3. The molecule has 3 aromatic carbocycles. The molecule has 0 aliphatic heterocycles. The van der Waals surface area contributed by atoms with Crippen molar-refractivity contribution in [2.24, 2.45) is 0 Å². The van der Waals surface area contributed by atoms with Gasteiger partial charge in [-0.05, 0) is 99.0 Å². The quantitative estimate of drug-likeness (QED) is 0.184. The summed E-state index contributed by atoms with van der Waals surface area (Å²) in [5.41, 5.74) is 0.470. The smallest absolute Gasteiger partial charge is 0.410 e. The fourth-order valence-electron chi connectivity index (χ4n) is 4.28. The highest BCUT2D eigenvalue weighted by Gasteiger charge is 2.25. The summed E-state index contributed by atoms with van der Waals surface area (Å²) in [4.78, 5) is 29.8. The number of pyridine rings is 1. The summed E-state index contributed by atoms with van der Waals surface area (Å²) in [6.07, 6.45) is 0.185.